The Morgan fingerprint density at radius 3 is 2.34 bits per heavy atom. The summed E-state index contributed by atoms with van der Waals surface area (Å²) < 4.78 is 5.82. The maximum absolute atomic E-state index is 12.3. The van der Waals surface area contributed by atoms with Crippen LogP contribution in [0.25, 0.3) is 0 Å². The first-order chi connectivity index (χ1) is 13.7. The average Bonchev–Trinajstić information content (AvgIpc) is 3.17. The van der Waals surface area contributed by atoms with Gasteiger partial charge in [-0.2, -0.15) is 5.26 Å². The van der Waals surface area contributed by atoms with Gasteiger partial charge in [-0.05, 0) is 35.2 Å². The van der Waals surface area contributed by atoms with E-state index in [2.05, 4.69) is 6.07 Å². The van der Waals surface area contributed by atoms with Gasteiger partial charge in [-0.15, -0.1) is 0 Å². The molecule has 3 atom stereocenters. The van der Waals surface area contributed by atoms with E-state index in [9.17, 15) is 20.0 Å². The number of nitrogens with zero attached hydrogens (tertiary/aromatic N) is 1. The van der Waals surface area contributed by atoms with Crippen LogP contribution in [-0.2, 0) is 9.59 Å². The molecule has 2 N–H and O–H groups in total. The molecule has 1 unspecified atom stereocenters. The first-order valence-electron chi connectivity index (χ1n) is 9.12. The third-order valence-electron chi connectivity index (χ3n) is 5.79. The van der Waals surface area contributed by atoms with Crippen LogP contribution in [0.3, 0.4) is 0 Å². The lowest BCUT2D eigenvalue weighted by Crippen LogP contribution is -2.28. The van der Waals surface area contributed by atoms with Crippen LogP contribution >= 0.6 is 0 Å². The van der Waals surface area contributed by atoms with E-state index in [4.69, 9.17) is 9.84 Å². The van der Waals surface area contributed by atoms with Crippen LogP contribution in [-0.4, -0.2) is 22.2 Å². The molecule has 1 fully saturated rings. The van der Waals surface area contributed by atoms with E-state index in [0.29, 0.717) is 17.1 Å². The van der Waals surface area contributed by atoms with Gasteiger partial charge in [-0.3, -0.25) is 4.79 Å². The van der Waals surface area contributed by atoms with Crippen molar-refractivity contribution in [2.24, 2.45) is 16.7 Å². The Labute approximate surface area is 168 Å². The molecule has 29 heavy (non-hydrogen) atoms. The largest absolute Gasteiger partial charge is 0.481 e. The minimum Gasteiger partial charge on any atom is -0.481 e. The first kappa shape index (κ1) is 20.2. The lowest BCUT2D eigenvalue weighted by atomic mass is 9.78. The van der Waals surface area contributed by atoms with E-state index in [1.165, 1.54) is 6.08 Å². The van der Waals surface area contributed by atoms with Crippen molar-refractivity contribution in [3.8, 4) is 17.6 Å². The highest BCUT2D eigenvalue weighted by atomic mass is 16.5. The Morgan fingerprint density at radius 1 is 1.10 bits per heavy atom. The molecule has 6 heteroatoms. The second kappa shape index (κ2) is 7.44. The maximum Gasteiger partial charge on any atom is 0.327 e. The molecule has 0 aliphatic heterocycles. The summed E-state index contributed by atoms with van der Waals surface area (Å²) >= 11 is 0. The number of carboxylic acids is 2. The van der Waals surface area contributed by atoms with Crippen LogP contribution in [0.5, 0.6) is 11.5 Å². The van der Waals surface area contributed by atoms with Crippen molar-refractivity contribution in [3.63, 3.8) is 0 Å². The second-order valence-corrected chi connectivity index (χ2v) is 7.62. The van der Waals surface area contributed by atoms with Crippen molar-refractivity contribution < 1.29 is 24.5 Å². The van der Waals surface area contributed by atoms with Crippen molar-refractivity contribution in [3.05, 3.63) is 72.3 Å². The first-order valence-corrected chi connectivity index (χ1v) is 9.12. The highest BCUT2D eigenvalue weighted by Gasteiger charge is 2.78. The fourth-order valence-electron chi connectivity index (χ4n) is 4.31. The maximum atomic E-state index is 12.3. The predicted molar refractivity (Wildman–Crippen MR) is 105 cm³/mol. The van der Waals surface area contributed by atoms with Gasteiger partial charge in [0.05, 0.1) is 12.0 Å². The predicted octanol–water partition coefficient (Wildman–Crippen LogP) is 4.45. The Hall–Kier alpha value is -3.59. The van der Waals surface area contributed by atoms with Crippen LogP contribution in [0.4, 0.5) is 0 Å². The topological polar surface area (TPSA) is 108 Å². The Bertz CT molecular complexity index is 1010. The van der Waals surface area contributed by atoms with Gasteiger partial charge in [0.15, 0.2) is 0 Å². The summed E-state index contributed by atoms with van der Waals surface area (Å²) in [5, 5.41) is 28.9. The third-order valence-corrected chi connectivity index (χ3v) is 5.79. The average molecular weight is 391 g/mol. The van der Waals surface area contributed by atoms with E-state index >= 15 is 0 Å². The van der Waals surface area contributed by atoms with Gasteiger partial charge >= 0.3 is 11.9 Å². The number of nitriles is 1. The number of ether oxygens (including phenoxy) is 1. The smallest absolute Gasteiger partial charge is 0.327 e. The van der Waals surface area contributed by atoms with Gasteiger partial charge in [-0.1, -0.05) is 50.3 Å². The molecule has 1 aliphatic rings. The Balaban J connectivity index is 2.00. The van der Waals surface area contributed by atoms with E-state index in [0.717, 1.165) is 6.08 Å². The minimum absolute atomic E-state index is 0.491. The molecule has 1 saturated carbocycles. The molecule has 0 spiro atoms. The van der Waals surface area contributed by atoms with Crippen molar-refractivity contribution in [1.29, 1.82) is 5.26 Å². The minimum atomic E-state index is -1.43. The van der Waals surface area contributed by atoms with Gasteiger partial charge in [0.25, 0.3) is 0 Å². The van der Waals surface area contributed by atoms with E-state index in [1.807, 2.05) is 18.2 Å². The number of benzene rings is 2. The van der Waals surface area contributed by atoms with Crippen molar-refractivity contribution in [2.45, 2.75) is 19.8 Å². The molecule has 148 valence electrons. The summed E-state index contributed by atoms with van der Waals surface area (Å²) in [6.07, 6.45) is 2.32. The molecule has 2 aromatic rings. The zero-order valence-corrected chi connectivity index (χ0v) is 16.1. The van der Waals surface area contributed by atoms with Crippen molar-refractivity contribution >= 4 is 11.9 Å². The fraction of sp³-hybridized carbons (Fsp3) is 0.261. The Kier molecular flexibility index (Phi) is 5.17. The number of para-hydroxylation sites is 1. The molecule has 0 bridgehead atoms. The summed E-state index contributed by atoms with van der Waals surface area (Å²) in [7, 11) is 0. The lowest BCUT2D eigenvalue weighted by Gasteiger charge is -2.22. The van der Waals surface area contributed by atoms with Crippen LogP contribution < -0.4 is 4.74 Å². The molecule has 3 rings (SSSR count). The van der Waals surface area contributed by atoms with Crippen LogP contribution in [0.15, 0.2) is 66.7 Å². The van der Waals surface area contributed by atoms with E-state index in [-0.39, 0.29) is 0 Å². The molecule has 0 heterocycles. The number of hydrogen-bond acceptors (Lipinski definition) is 4. The number of hydrogen-bond donors (Lipinski definition) is 2. The van der Waals surface area contributed by atoms with Gasteiger partial charge < -0.3 is 14.9 Å². The van der Waals surface area contributed by atoms with Crippen LogP contribution in [0.1, 0.15) is 25.3 Å². The van der Waals surface area contributed by atoms with E-state index < -0.39 is 34.6 Å². The molecule has 6 nitrogen and oxygen atoms in total. The second-order valence-electron chi connectivity index (χ2n) is 7.62. The SMILES string of the molecule is CC1(C)[C@H](C=CC(=O)O)[C@@]1(C(=O)O)C(C#N)c1cccc(Oc2ccccc2)c1. The highest BCUT2D eigenvalue weighted by Crippen LogP contribution is 2.75. The highest BCUT2D eigenvalue weighted by molar-refractivity contribution is 5.85. The van der Waals surface area contributed by atoms with Gasteiger partial charge in [0, 0.05) is 12.0 Å². The summed E-state index contributed by atoms with van der Waals surface area (Å²) in [4.78, 5) is 23.3. The summed E-state index contributed by atoms with van der Waals surface area (Å²) in [6, 6.07) is 18.1. The molecule has 0 saturated heterocycles. The molecule has 0 aromatic heterocycles. The fourth-order valence-corrected chi connectivity index (χ4v) is 4.31. The number of allylic oxidation sites excluding steroid dienone is 1. The molecule has 1 aliphatic carbocycles. The zero-order chi connectivity index (χ0) is 21.2. The van der Waals surface area contributed by atoms with Gasteiger partial charge in [0.1, 0.15) is 16.9 Å². The summed E-state index contributed by atoms with van der Waals surface area (Å²) in [6.45, 7) is 3.49. The molecule has 0 radical (unpaired) electrons. The number of rotatable bonds is 7. The molecule has 0 amide bonds. The third kappa shape index (κ3) is 3.36. The lowest BCUT2D eigenvalue weighted by molar-refractivity contribution is -0.145. The van der Waals surface area contributed by atoms with Gasteiger partial charge in [-0.25, -0.2) is 4.79 Å². The standard InChI is InChI=1S/C23H21NO5/c1-22(2)19(11-12-20(25)26)23(22,21(27)28)18(14-24)15-7-6-10-17(13-15)29-16-8-4-3-5-9-16/h3-13,18-19H,1-2H3,(H,25,26)(H,27,28)/t18?,19-,23+/m0/s1. The molecule has 2 aromatic carbocycles. The molecular formula is C23H21NO5. The van der Waals surface area contributed by atoms with Crippen molar-refractivity contribution in [1.82, 2.24) is 0 Å². The number of carboxylic acid groups (broad SMARTS) is 2. The Morgan fingerprint density at radius 2 is 1.76 bits per heavy atom. The number of aliphatic carboxylic acids is 2. The van der Waals surface area contributed by atoms with Crippen LogP contribution in [0.2, 0.25) is 0 Å². The number of carbonyl (C=O) groups is 2. The normalized spacial score (nSPS) is 23.1. The van der Waals surface area contributed by atoms with Gasteiger partial charge in [0.2, 0.25) is 0 Å². The monoisotopic (exact) mass is 391 g/mol. The summed E-state index contributed by atoms with van der Waals surface area (Å²) in [5.41, 5.74) is -1.71. The zero-order valence-electron chi connectivity index (χ0n) is 16.1. The van der Waals surface area contributed by atoms with E-state index in [1.54, 1.807) is 50.2 Å². The van der Waals surface area contributed by atoms with Crippen LogP contribution in [0, 0.1) is 28.1 Å². The summed E-state index contributed by atoms with van der Waals surface area (Å²) in [5.74, 6) is -2.72. The molecular weight excluding hydrogens is 370 g/mol. The quantitative estimate of drug-likeness (QED) is 0.675. The van der Waals surface area contributed by atoms with Crippen molar-refractivity contribution in [2.75, 3.05) is 0 Å².